The molecule has 0 bridgehead atoms. The van der Waals surface area contributed by atoms with Crippen molar-refractivity contribution >= 4 is 30.7 Å². The van der Waals surface area contributed by atoms with Crippen molar-refractivity contribution in [3.63, 3.8) is 0 Å². The lowest BCUT2D eigenvalue weighted by Gasteiger charge is -2.07. The van der Waals surface area contributed by atoms with Crippen LogP contribution in [0, 0.1) is 0 Å². The number of hydrogen-bond donors (Lipinski definition) is 2. The zero-order valence-electron chi connectivity index (χ0n) is 12.2. The van der Waals surface area contributed by atoms with Crippen LogP contribution in [0.15, 0.2) is 31.0 Å². The van der Waals surface area contributed by atoms with Crippen LogP contribution in [0.2, 0.25) is 0 Å². The molecule has 2 N–H and O–H groups in total. The number of carbonyl (C=O) groups is 1. The topological polar surface area (TPSA) is 84.7 Å². The van der Waals surface area contributed by atoms with Gasteiger partial charge < -0.3 is 10.6 Å². The van der Waals surface area contributed by atoms with Crippen molar-refractivity contribution in [2.24, 2.45) is 0 Å². The van der Waals surface area contributed by atoms with Crippen molar-refractivity contribution in [3.8, 4) is 5.82 Å². The van der Waals surface area contributed by atoms with Gasteiger partial charge in [-0.2, -0.15) is 5.10 Å². The lowest BCUT2D eigenvalue weighted by atomic mass is 10.2. The number of rotatable bonds is 7. The predicted molar refractivity (Wildman–Crippen MR) is 89.1 cm³/mol. The lowest BCUT2D eigenvalue weighted by molar-refractivity contribution is 0.0954. The van der Waals surface area contributed by atoms with Crippen molar-refractivity contribution in [2.75, 3.05) is 19.6 Å². The monoisotopic (exact) mass is 346 g/mol. The molecule has 1 amide bonds. The average molecular weight is 347 g/mol. The Labute approximate surface area is 141 Å². The second kappa shape index (κ2) is 10.9. The number of hydrogen-bond acceptors (Lipinski definition) is 5. The molecule has 0 saturated heterocycles. The molecule has 0 spiro atoms. The van der Waals surface area contributed by atoms with Crippen LogP contribution in [0.1, 0.15) is 23.7 Å². The molecule has 0 radical (unpaired) electrons. The van der Waals surface area contributed by atoms with Crippen LogP contribution < -0.4 is 10.6 Å². The maximum Gasteiger partial charge on any atom is 0.251 e. The molecule has 2 heterocycles. The van der Waals surface area contributed by atoms with Gasteiger partial charge >= 0.3 is 0 Å². The van der Waals surface area contributed by atoms with E-state index in [1.54, 1.807) is 24.7 Å². The molecule has 7 nitrogen and oxygen atoms in total. The molecule has 0 saturated carbocycles. The highest BCUT2D eigenvalue weighted by atomic mass is 35.5. The first kappa shape index (κ1) is 20.3. The fourth-order valence-corrected chi connectivity index (χ4v) is 1.68. The van der Waals surface area contributed by atoms with E-state index in [-0.39, 0.29) is 30.7 Å². The molecule has 0 unspecified atom stereocenters. The van der Waals surface area contributed by atoms with Gasteiger partial charge in [0.05, 0.1) is 0 Å². The summed E-state index contributed by atoms with van der Waals surface area (Å²) in [5.41, 5.74) is 0.556. The molecule has 0 fully saturated rings. The van der Waals surface area contributed by atoms with E-state index in [0.29, 0.717) is 17.9 Å². The van der Waals surface area contributed by atoms with E-state index in [1.807, 2.05) is 0 Å². The Bertz CT molecular complexity index is 549. The van der Waals surface area contributed by atoms with Crippen LogP contribution in [0.25, 0.3) is 5.82 Å². The zero-order chi connectivity index (χ0) is 14.2. The summed E-state index contributed by atoms with van der Waals surface area (Å²) < 4.78 is 1.51. The number of carbonyl (C=O) groups excluding carboxylic acids is 1. The number of aromatic nitrogens is 4. The Morgan fingerprint density at radius 1 is 1.27 bits per heavy atom. The van der Waals surface area contributed by atoms with Crippen molar-refractivity contribution in [2.45, 2.75) is 13.3 Å². The number of pyridine rings is 1. The van der Waals surface area contributed by atoms with Crippen LogP contribution in [0.5, 0.6) is 0 Å². The predicted octanol–water partition coefficient (Wildman–Crippen LogP) is 1.24. The Hall–Kier alpha value is -1.70. The third kappa shape index (κ3) is 5.97. The van der Waals surface area contributed by atoms with E-state index < -0.39 is 0 Å². The van der Waals surface area contributed by atoms with Gasteiger partial charge in [-0.05, 0) is 25.1 Å². The standard InChI is InChI=1S/C13H18N6O.2ClH/c1-2-4-14-6-7-17-13(20)11-3-5-16-12(8-11)19-10-15-9-18-19;;/h3,5,8-10,14H,2,4,6-7H2,1H3,(H,17,20);2*1H. The Morgan fingerprint density at radius 3 is 2.77 bits per heavy atom. The minimum absolute atomic E-state index is 0. The number of nitrogens with zero attached hydrogens (tertiary/aromatic N) is 4. The van der Waals surface area contributed by atoms with E-state index in [9.17, 15) is 4.79 Å². The van der Waals surface area contributed by atoms with E-state index in [0.717, 1.165) is 19.5 Å². The fraction of sp³-hybridized carbons (Fsp3) is 0.385. The largest absolute Gasteiger partial charge is 0.351 e. The smallest absolute Gasteiger partial charge is 0.251 e. The van der Waals surface area contributed by atoms with Gasteiger partial charge in [-0.15, -0.1) is 24.8 Å². The molecule has 0 atom stereocenters. The molecule has 0 aliphatic carbocycles. The first-order valence-corrected chi connectivity index (χ1v) is 6.61. The molecule has 2 rings (SSSR count). The molecule has 0 aliphatic rings. The maximum atomic E-state index is 12.0. The van der Waals surface area contributed by atoms with Crippen LogP contribution in [-0.2, 0) is 0 Å². The number of nitrogens with one attached hydrogen (secondary N) is 2. The highest BCUT2D eigenvalue weighted by Gasteiger charge is 2.07. The molecule has 122 valence electrons. The normalized spacial score (nSPS) is 9.50. The summed E-state index contributed by atoms with van der Waals surface area (Å²) in [6, 6.07) is 3.36. The van der Waals surface area contributed by atoms with Crippen LogP contribution in [-0.4, -0.2) is 45.3 Å². The van der Waals surface area contributed by atoms with Crippen molar-refractivity contribution in [1.82, 2.24) is 30.4 Å². The zero-order valence-corrected chi connectivity index (χ0v) is 13.9. The van der Waals surface area contributed by atoms with Gasteiger partial charge in [-0.1, -0.05) is 6.92 Å². The van der Waals surface area contributed by atoms with Crippen LogP contribution in [0.4, 0.5) is 0 Å². The average Bonchev–Trinajstić information content (AvgIpc) is 3.01. The maximum absolute atomic E-state index is 12.0. The van der Waals surface area contributed by atoms with Gasteiger partial charge in [-0.25, -0.2) is 14.6 Å². The summed E-state index contributed by atoms with van der Waals surface area (Å²) in [6.45, 7) is 4.43. The van der Waals surface area contributed by atoms with E-state index in [4.69, 9.17) is 0 Å². The Balaban J connectivity index is 0.00000220. The molecule has 9 heteroatoms. The molecular formula is C13H20Cl2N6O. The molecule has 2 aromatic rings. The highest BCUT2D eigenvalue weighted by Crippen LogP contribution is 2.05. The van der Waals surface area contributed by atoms with Gasteiger partial charge in [0.15, 0.2) is 5.82 Å². The molecule has 2 aromatic heterocycles. The van der Waals surface area contributed by atoms with E-state index in [2.05, 4.69) is 32.6 Å². The SMILES string of the molecule is CCCNCCNC(=O)c1ccnc(-n2cncn2)c1.Cl.Cl. The lowest BCUT2D eigenvalue weighted by Crippen LogP contribution is -2.32. The summed E-state index contributed by atoms with van der Waals surface area (Å²) in [7, 11) is 0. The van der Waals surface area contributed by atoms with Crippen molar-refractivity contribution in [3.05, 3.63) is 36.5 Å². The van der Waals surface area contributed by atoms with Gasteiger partial charge in [-0.3, -0.25) is 4.79 Å². The highest BCUT2D eigenvalue weighted by molar-refractivity contribution is 5.94. The van der Waals surface area contributed by atoms with E-state index >= 15 is 0 Å². The number of amides is 1. The van der Waals surface area contributed by atoms with Gasteiger partial charge in [0.2, 0.25) is 0 Å². The third-order valence-corrected chi connectivity index (χ3v) is 2.68. The van der Waals surface area contributed by atoms with Gasteiger partial charge in [0, 0.05) is 24.8 Å². The van der Waals surface area contributed by atoms with Crippen LogP contribution >= 0.6 is 24.8 Å². The Kier molecular flexibility index (Phi) is 10.1. The van der Waals surface area contributed by atoms with Gasteiger partial charge in [0.1, 0.15) is 12.7 Å². The number of halogens is 2. The molecule has 0 aromatic carbocycles. The summed E-state index contributed by atoms with van der Waals surface area (Å²) in [5.74, 6) is 0.450. The second-order valence-corrected chi connectivity index (χ2v) is 4.25. The third-order valence-electron chi connectivity index (χ3n) is 2.68. The minimum Gasteiger partial charge on any atom is -0.351 e. The van der Waals surface area contributed by atoms with E-state index in [1.165, 1.54) is 11.0 Å². The first-order chi connectivity index (χ1) is 9.81. The first-order valence-electron chi connectivity index (χ1n) is 6.61. The summed E-state index contributed by atoms with van der Waals surface area (Å²) in [6.07, 6.45) is 5.63. The molecule has 22 heavy (non-hydrogen) atoms. The van der Waals surface area contributed by atoms with Gasteiger partial charge in [0.25, 0.3) is 5.91 Å². The summed E-state index contributed by atoms with van der Waals surface area (Å²) >= 11 is 0. The summed E-state index contributed by atoms with van der Waals surface area (Å²) in [5, 5.41) is 10.1. The summed E-state index contributed by atoms with van der Waals surface area (Å²) in [4.78, 5) is 20.0. The van der Waals surface area contributed by atoms with Crippen molar-refractivity contribution < 1.29 is 4.79 Å². The molecule has 0 aliphatic heterocycles. The second-order valence-electron chi connectivity index (χ2n) is 4.25. The van der Waals surface area contributed by atoms with Crippen LogP contribution in [0.3, 0.4) is 0 Å². The minimum atomic E-state index is -0.118. The van der Waals surface area contributed by atoms with Crippen molar-refractivity contribution in [1.29, 1.82) is 0 Å². The fourth-order valence-electron chi connectivity index (χ4n) is 1.68. The molecular weight excluding hydrogens is 327 g/mol. The Morgan fingerprint density at radius 2 is 2.09 bits per heavy atom. The quantitative estimate of drug-likeness (QED) is 0.736.